The Morgan fingerprint density at radius 3 is 2.57 bits per heavy atom. The first-order valence-corrected chi connectivity index (χ1v) is 8.44. The first kappa shape index (κ1) is 15.4. The van der Waals surface area contributed by atoms with Crippen molar-refractivity contribution in [1.29, 1.82) is 5.26 Å². The topological polar surface area (TPSA) is 61.1 Å². The number of nitrogens with one attached hydrogen (secondary N) is 1. The molecule has 0 amide bonds. The van der Waals surface area contributed by atoms with E-state index in [1.165, 1.54) is 11.3 Å². The Labute approximate surface area is 146 Å². The maximum atomic E-state index is 9.31. The third-order valence-corrected chi connectivity index (χ3v) is 4.40. The summed E-state index contributed by atoms with van der Waals surface area (Å²) in [5.41, 5.74) is 5.80. The molecular formula is C17H11BrN4S. The molecule has 0 aliphatic rings. The van der Waals surface area contributed by atoms with Crippen molar-refractivity contribution in [1.82, 2.24) is 4.98 Å². The molecule has 3 aromatic rings. The van der Waals surface area contributed by atoms with Crippen molar-refractivity contribution in [3.8, 4) is 17.3 Å². The van der Waals surface area contributed by atoms with E-state index in [1.54, 1.807) is 0 Å². The highest BCUT2D eigenvalue weighted by Crippen LogP contribution is 2.24. The number of anilines is 1. The molecule has 4 nitrogen and oxygen atoms in total. The van der Waals surface area contributed by atoms with Gasteiger partial charge in [0.25, 0.3) is 0 Å². The third kappa shape index (κ3) is 3.83. The van der Waals surface area contributed by atoms with Crippen molar-refractivity contribution in [2.45, 2.75) is 0 Å². The van der Waals surface area contributed by atoms with Gasteiger partial charge in [0, 0.05) is 15.4 Å². The molecule has 1 N–H and O–H groups in total. The van der Waals surface area contributed by atoms with Crippen LogP contribution in [-0.2, 0) is 0 Å². The van der Waals surface area contributed by atoms with E-state index in [4.69, 9.17) is 0 Å². The van der Waals surface area contributed by atoms with E-state index < -0.39 is 0 Å². The van der Waals surface area contributed by atoms with Gasteiger partial charge in [-0.2, -0.15) is 10.4 Å². The van der Waals surface area contributed by atoms with E-state index in [-0.39, 0.29) is 5.71 Å². The van der Waals surface area contributed by atoms with Crippen molar-refractivity contribution in [2.24, 2.45) is 5.10 Å². The molecule has 0 unspecified atom stereocenters. The van der Waals surface area contributed by atoms with E-state index >= 15 is 0 Å². The highest BCUT2D eigenvalue weighted by atomic mass is 79.9. The van der Waals surface area contributed by atoms with Gasteiger partial charge in [-0.3, -0.25) is 5.43 Å². The van der Waals surface area contributed by atoms with Crippen LogP contribution in [0.3, 0.4) is 0 Å². The highest BCUT2D eigenvalue weighted by molar-refractivity contribution is 9.10. The van der Waals surface area contributed by atoms with Crippen molar-refractivity contribution in [3.05, 3.63) is 69.5 Å². The zero-order chi connectivity index (χ0) is 16.1. The summed E-state index contributed by atoms with van der Waals surface area (Å²) in [6.45, 7) is 0. The number of hydrogen-bond donors (Lipinski definition) is 1. The molecule has 1 aromatic heterocycles. The standard InChI is InChI=1S/C17H11BrN4S/c18-13-8-6-12(7-9-13)16-11-23-17(20-16)15(10-19)22-21-14-4-2-1-3-5-14/h1-9,11,21H. The number of benzene rings is 2. The van der Waals surface area contributed by atoms with E-state index in [2.05, 4.69) is 37.5 Å². The molecule has 6 heteroatoms. The second kappa shape index (κ2) is 7.18. The molecule has 0 atom stereocenters. The van der Waals surface area contributed by atoms with Crippen LogP contribution in [0.15, 0.2) is 69.6 Å². The first-order chi connectivity index (χ1) is 11.3. The fraction of sp³-hybridized carbons (Fsp3) is 0. The number of hydrazone groups is 1. The third-order valence-electron chi connectivity index (χ3n) is 3.02. The lowest BCUT2D eigenvalue weighted by Gasteiger charge is -1.99. The summed E-state index contributed by atoms with van der Waals surface area (Å²) >= 11 is 4.81. The largest absolute Gasteiger partial charge is 0.277 e. The monoisotopic (exact) mass is 382 g/mol. The van der Waals surface area contributed by atoms with Crippen molar-refractivity contribution < 1.29 is 0 Å². The fourth-order valence-corrected chi connectivity index (χ4v) is 2.92. The molecule has 1 heterocycles. The molecule has 0 aliphatic carbocycles. The fourth-order valence-electron chi connectivity index (χ4n) is 1.89. The number of nitriles is 1. The number of para-hydroxylation sites is 1. The van der Waals surface area contributed by atoms with Gasteiger partial charge in [0.2, 0.25) is 0 Å². The average molecular weight is 383 g/mol. The first-order valence-electron chi connectivity index (χ1n) is 6.77. The quantitative estimate of drug-likeness (QED) is 0.514. The molecule has 0 spiro atoms. The van der Waals surface area contributed by atoms with Gasteiger partial charge in [0.1, 0.15) is 6.07 Å². The summed E-state index contributed by atoms with van der Waals surface area (Å²) in [5, 5.41) is 16.0. The predicted octanol–water partition coefficient (Wildman–Crippen LogP) is 4.91. The van der Waals surface area contributed by atoms with Crippen molar-refractivity contribution >= 4 is 38.7 Å². The number of thiazole rings is 1. The summed E-state index contributed by atoms with van der Waals surface area (Å²) in [7, 11) is 0. The van der Waals surface area contributed by atoms with Gasteiger partial charge in [0.05, 0.1) is 11.4 Å². The zero-order valence-electron chi connectivity index (χ0n) is 11.9. The van der Waals surface area contributed by atoms with E-state index in [9.17, 15) is 5.26 Å². The van der Waals surface area contributed by atoms with Gasteiger partial charge in [-0.15, -0.1) is 11.3 Å². The SMILES string of the molecule is N#CC(=NNc1ccccc1)c1nc(-c2ccc(Br)cc2)cs1. The predicted molar refractivity (Wildman–Crippen MR) is 97.5 cm³/mol. The molecule has 0 bridgehead atoms. The zero-order valence-corrected chi connectivity index (χ0v) is 14.3. The van der Waals surface area contributed by atoms with Gasteiger partial charge >= 0.3 is 0 Å². The van der Waals surface area contributed by atoms with Crippen LogP contribution in [0.25, 0.3) is 11.3 Å². The number of rotatable bonds is 4. The van der Waals surface area contributed by atoms with Crippen LogP contribution < -0.4 is 5.43 Å². The maximum absolute atomic E-state index is 9.31. The Bertz CT molecular complexity index is 864. The van der Waals surface area contributed by atoms with Gasteiger partial charge in [-0.1, -0.05) is 46.3 Å². The molecule has 112 valence electrons. The highest BCUT2D eigenvalue weighted by Gasteiger charge is 2.10. The van der Waals surface area contributed by atoms with E-state index in [0.717, 1.165) is 21.4 Å². The van der Waals surface area contributed by atoms with Crippen LogP contribution in [0.5, 0.6) is 0 Å². The minimum Gasteiger partial charge on any atom is -0.277 e. The molecule has 3 rings (SSSR count). The average Bonchev–Trinajstić information content (AvgIpc) is 3.07. The Hall–Kier alpha value is -2.49. The number of aromatic nitrogens is 1. The second-order valence-electron chi connectivity index (χ2n) is 4.59. The van der Waals surface area contributed by atoms with Crippen LogP contribution in [0.2, 0.25) is 0 Å². The van der Waals surface area contributed by atoms with Crippen LogP contribution in [0.4, 0.5) is 5.69 Å². The van der Waals surface area contributed by atoms with E-state index in [0.29, 0.717) is 5.01 Å². The van der Waals surface area contributed by atoms with Crippen molar-refractivity contribution in [3.63, 3.8) is 0 Å². The molecule has 0 saturated carbocycles. The van der Waals surface area contributed by atoms with Gasteiger partial charge in [0.15, 0.2) is 10.7 Å². The normalized spacial score (nSPS) is 11.0. The molecular weight excluding hydrogens is 372 g/mol. The molecule has 0 saturated heterocycles. The lowest BCUT2D eigenvalue weighted by Crippen LogP contribution is -2.01. The summed E-state index contributed by atoms with van der Waals surface area (Å²) in [6.07, 6.45) is 0. The molecule has 0 aliphatic heterocycles. The van der Waals surface area contributed by atoms with Gasteiger partial charge in [-0.25, -0.2) is 4.98 Å². The van der Waals surface area contributed by atoms with E-state index in [1.807, 2.05) is 60.0 Å². The molecule has 0 radical (unpaired) electrons. The summed E-state index contributed by atoms with van der Waals surface area (Å²) in [6, 6.07) is 19.5. The van der Waals surface area contributed by atoms with Crippen LogP contribution in [-0.4, -0.2) is 10.7 Å². The van der Waals surface area contributed by atoms with Crippen molar-refractivity contribution in [2.75, 3.05) is 5.43 Å². The van der Waals surface area contributed by atoms with Gasteiger partial charge in [-0.05, 0) is 24.3 Å². The number of nitrogens with zero attached hydrogens (tertiary/aromatic N) is 3. The minimum absolute atomic E-state index is 0.266. The maximum Gasteiger partial charge on any atom is 0.196 e. The molecule has 0 fully saturated rings. The second-order valence-corrected chi connectivity index (χ2v) is 6.37. The van der Waals surface area contributed by atoms with Crippen LogP contribution >= 0.6 is 27.3 Å². The summed E-state index contributed by atoms with van der Waals surface area (Å²) in [5.74, 6) is 0. The molecule has 23 heavy (non-hydrogen) atoms. The number of halogens is 1. The summed E-state index contributed by atoms with van der Waals surface area (Å²) < 4.78 is 1.02. The lowest BCUT2D eigenvalue weighted by atomic mass is 10.2. The van der Waals surface area contributed by atoms with Crippen LogP contribution in [0, 0.1) is 11.3 Å². The summed E-state index contributed by atoms with van der Waals surface area (Å²) in [4.78, 5) is 4.50. The van der Waals surface area contributed by atoms with Crippen LogP contribution in [0.1, 0.15) is 5.01 Å². The Kier molecular flexibility index (Phi) is 4.81. The van der Waals surface area contributed by atoms with Gasteiger partial charge < -0.3 is 0 Å². The molecule has 2 aromatic carbocycles. The lowest BCUT2D eigenvalue weighted by molar-refractivity contribution is 1.31. The number of hydrogen-bond acceptors (Lipinski definition) is 5. The Morgan fingerprint density at radius 1 is 1.13 bits per heavy atom. The Morgan fingerprint density at radius 2 is 1.87 bits per heavy atom. The Balaban J connectivity index is 1.83. The smallest absolute Gasteiger partial charge is 0.196 e. The minimum atomic E-state index is 0.266.